The Morgan fingerprint density at radius 2 is 1.81 bits per heavy atom. The third-order valence-corrected chi connectivity index (χ3v) is 9.40. The van der Waals surface area contributed by atoms with Crippen LogP contribution in [0.1, 0.15) is 86.2 Å². The zero-order valence-electron chi connectivity index (χ0n) is 22.5. The van der Waals surface area contributed by atoms with E-state index in [2.05, 4.69) is 67.4 Å². The van der Waals surface area contributed by atoms with Gasteiger partial charge in [-0.1, -0.05) is 52.0 Å². The van der Waals surface area contributed by atoms with Crippen LogP contribution in [0, 0.1) is 0 Å². The number of hydrogen-bond donors (Lipinski definition) is 2. The maximum atomic E-state index is 13.1. The Balaban J connectivity index is 1.68. The summed E-state index contributed by atoms with van der Waals surface area (Å²) in [4.78, 5) is 17.4. The zero-order valence-corrected chi connectivity index (χ0v) is 24.1. The molecule has 0 spiro atoms. The predicted octanol–water partition coefficient (Wildman–Crippen LogP) is 6.16. The highest BCUT2D eigenvalue weighted by atomic mass is 32.2. The predicted molar refractivity (Wildman–Crippen MR) is 152 cm³/mol. The minimum atomic E-state index is -1.11. The first-order valence-corrected chi connectivity index (χ1v) is 14.8. The van der Waals surface area contributed by atoms with Gasteiger partial charge >= 0.3 is 0 Å². The minimum absolute atomic E-state index is 0.206. The first kappa shape index (κ1) is 27.8. The van der Waals surface area contributed by atoms with Gasteiger partial charge < -0.3 is 9.84 Å². The number of hydrogen-bond acceptors (Lipinski definition) is 5. The first-order valence-electron chi connectivity index (χ1n) is 12.7. The van der Waals surface area contributed by atoms with E-state index >= 15 is 0 Å². The van der Waals surface area contributed by atoms with Crippen molar-refractivity contribution in [3.63, 3.8) is 0 Å². The molecule has 6 nitrogen and oxygen atoms in total. The molecule has 3 aromatic rings. The molecule has 2 heterocycles. The highest BCUT2D eigenvalue weighted by molar-refractivity contribution is 7.87. The topological polar surface area (TPSA) is 97.8 Å². The van der Waals surface area contributed by atoms with Crippen LogP contribution in [0.5, 0.6) is 0 Å². The van der Waals surface area contributed by atoms with Crippen molar-refractivity contribution in [2.24, 2.45) is 9.50 Å². The number of ether oxygens (including phenoxy) is 1. The van der Waals surface area contributed by atoms with Crippen molar-refractivity contribution in [3.05, 3.63) is 69.4 Å². The van der Waals surface area contributed by atoms with E-state index < -0.39 is 16.5 Å². The van der Waals surface area contributed by atoms with Crippen LogP contribution in [0.3, 0.4) is 0 Å². The molecule has 1 unspecified atom stereocenters. The average molecular weight is 540 g/mol. The van der Waals surface area contributed by atoms with Crippen LogP contribution in [-0.4, -0.2) is 22.6 Å². The minimum Gasteiger partial charge on any atom is -0.383 e. The van der Waals surface area contributed by atoms with E-state index in [1.165, 1.54) is 28.0 Å². The summed E-state index contributed by atoms with van der Waals surface area (Å²) < 4.78 is 10.7. The van der Waals surface area contributed by atoms with Gasteiger partial charge in [0.1, 0.15) is 14.8 Å². The number of fused-ring (bicyclic) bond motifs is 1. The van der Waals surface area contributed by atoms with Crippen molar-refractivity contribution in [1.29, 1.82) is 0 Å². The second kappa shape index (κ2) is 11.3. The van der Waals surface area contributed by atoms with Crippen molar-refractivity contribution >= 4 is 28.1 Å². The molecule has 1 atom stereocenters. The number of aromatic nitrogens is 1. The quantitative estimate of drug-likeness (QED) is 0.375. The molecule has 1 aliphatic heterocycles. The summed E-state index contributed by atoms with van der Waals surface area (Å²) >= 11 is 1.29. The number of thiazole rings is 1. The van der Waals surface area contributed by atoms with Gasteiger partial charge in [-0.25, -0.2) is 4.98 Å². The van der Waals surface area contributed by atoms with Gasteiger partial charge in [-0.2, -0.15) is 4.36 Å². The molecule has 0 radical (unpaired) electrons. The second-order valence-electron chi connectivity index (χ2n) is 10.7. The molecule has 0 aliphatic carbocycles. The molecular weight excluding hydrogens is 502 g/mol. The fraction of sp³-hybridized carbons (Fsp3) is 0.448. The van der Waals surface area contributed by atoms with E-state index in [4.69, 9.17) is 9.88 Å². The summed E-state index contributed by atoms with van der Waals surface area (Å²) in [6.45, 7) is 13.4. The van der Waals surface area contributed by atoms with E-state index in [1.807, 2.05) is 0 Å². The third-order valence-electron chi connectivity index (χ3n) is 6.62. The van der Waals surface area contributed by atoms with Crippen LogP contribution in [-0.2, 0) is 45.5 Å². The van der Waals surface area contributed by atoms with Crippen molar-refractivity contribution in [2.75, 3.05) is 6.61 Å². The lowest BCUT2D eigenvalue weighted by molar-refractivity contribution is -0.117. The van der Waals surface area contributed by atoms with E-state index in [0.717, 1.165) is 35.3 Å². The molecule has 0 bridgehead atoms. The van der Waals surface area contributed by atoms with Gasteiger partial charge in [0.25, 0.3) is 5.91 Å². The number of nitrogens with zero attached hydrogens (tertiary/aromatic N) is 2. The Kier molecular flexibility index (Phi) is 8.45. The lowest BCUT2D eigenvalue weighted by Gasteiger charge is -2.22. The van der Waals surface area contributed by atoms with E-state index in [1.54, 1.807) is 20.0 Å². The van der Waals surface area contributed by atoms with Gasteiger partial charge in [0, 0.05) is 10.9 Å². The number of rotatable bonds is 7. The monoisotopic (exact) mass is 539 g/mol. The van der Waals surface area contributed by atoms with E-state index in [-0.39, 0.29) is 24.2 Å². The smallest absolute Gasteiger partial charge is 0.257 e. The average Bonchev–Trinajstić information content (AvgIpc) is 3.35. The summed E-state index contributed by atoms with van der Waals surface area (Å²) in [5, 5.41) is 17.0. The Labute approximate surface area is 226 Å². The fourth-order valence-electron chi connectivity index (χ4n) is 4.64. The molecular formula is C29H37N3O3S2. The van der Waals surface area contributed by atoms with Gasteiger partial charge in [-0.15, -0.1) is 11.3 Å². The molecule has 37 heavy (non-hydrogen) atoms. The molecule has 8 heteroatoms. The molecule has 2 aromatic carbocycles. The number of aliphatic hydroxyl groups is 1. The lowest BCUT2D eigenvalue weighted by atomic mass is 9.83. The molecule has 198 valence electrons. The van der Waals surface area contributed by atoms with E-state index in [9.17, 15) is 9.90 Å². The van der Waals surface area contributed by atoms with Crippen LogP contribution >= 0.6 is 11.3 Å². The van der Waals surface area contributed by atoms with Crippen molar-refractivity contribution < 1.29 is 14.6 Å². The number of carbonyl (C=O) groups is 1. The lowest BCUT2D eigenvalue weighted by Crippen LogP contribution is -2.14. The highest BCUT2D eigenvalue weighted by Crippen LogP contribution is 2.35. The maximum Gasteiger partial charge on any atom is 0.257 e. The normalized spacial score (nSPS) is 14.9. The summed E-state index contributed by atoms with van der Waals surface area (Å²) in [7, 11) is -1.11. The maximum absolute atomic E-state index is 13.1. The number of benzene rings is 2. The van der Waals surface area contributed by atoms with Gasteiger partial charge in [0.2, 0.25) is 0 Å². The van der Waals surface area contributed by atoms with Gasteiger partial charge in [-0.05, 0) is 77.1 Å². The van der Waals surface area contributed by atoms with Gasteiger partial charge in [-0.3, -0.25) is 9.93 Å². The molecule has 1 amide bonds. The third kappa shape index (κ3) is 6.44. The Morgan fingerprint density at radius 3 is 2.41 bits per heavy atom. The van der Waals surface area contributed by atoms with E-state index in [0.29, 0.717) is 15.8 Å². The largest absolute Gasteiger partial charge is 0.383 e. The second-order valence-corrected chi connectivity index (χ2v) is 13.3. The SMILES string of the molecule is CC(C)c1cc(-c2ccc3c(c2)COCC3)cc(C(C)C)c1CC(=O)N=S(N)c1cnc(C(C)(C)O)s1. The van der Waals surface area contributed by atoms with Gasteiger partial charge in [0.05, 0.1) is 25.8 Å². The fourth-order valence-corrected chi connectivity index (χ4v) is 6.52. The Morgan fingerprint density at radius 1 is 1.14 bits per heavy atom. The molecule has 0 fully saturated rings. The highest BCUT2D eigenvalue weighted by Gasteiger charge is 2.22. The molecule has 0 saturated carbocycles. The zero-order chi connectivity index (χ0) is 26.9. The van der Waals surface area contributed by atoms with Crippen LogP contribution in [0.15, 0.2) is 45.1 Å². The van der Waals surface area contributed by atoms with Crippen molar-refractivity contribution in [3.8, 4) is 11.1 Å². The standard InChI is InChI=1S/C29H37N3O3S2/c1-17(2)23-12-21(20-8-7-19-9-10-35-16-22(19)11-20)13-24(18(3)4)25(23)14-26(33)32-37(30)27-15-31-28(36-27)29(5,6)34/h7-8,11-13,15,17-18,34H,9-10,14,16H2,1-6H3,(H2,30,32,33). The van der Waals surface area contributed by atoms with Gasteiger partial charge in [0.15, 0.2) is 0 Å². The summed E-state index contributed by atoms with van der Waals surface area (Å²) in [5.74, 6) is 0.243. The summed E-state index contributed by atoms with van der Waals surface area (Å²) in [6, 6.07) is 11.1. The van der Waals surface area contributed by atoms with Crippen molar-refractivity contribution in [2.45, 2.75) is 82.6 Å². The Hall–Kier alpha value is -2.23. The number of carbonyl (C=O) groups excluding carboxylic acids is 1. The van der Waals surface area contributed by atoms with Crippen LogP contribution in [0.2, 0.25) is 0 Å². The number of amides is 1. The first-order chi connectivity index (χ1) is 17.4. The van der Waals surface area contributed by atoms with Crippen molar-refractivity contribution in [1.82, 2.24) is 4.98 Å². The molecule has 1 aliphatic rings. The molecule has 1 aromatic heterocycles. The molecule has 4 rings (SSSR count). The van der Waals surface area contributed by atoms with Crippen LogP contribution in [0.4, 0.5) is 0 Å². The van der Waals surface area contributed by atoms with Crippen LogP contribution < -0.4 is 5.14 Å². The summed E-state index contributed by atoms with van der Waals surface area (Å²) in [6.07, 6.45) is 2.77. The Bertz CT molecular complexity index is 1310. The molecule has 0 saturated heterocycles. The number of nitrogens with two attached hydrogens (primary N) is 1. The summed E-state index contributed by atoms with van der Waals surface area (Å²) in [5.41, 5.74) is 7.27. The molecule has 3 N–H and O–H groups in total. The van der Waals surface area contributed by atoms with Crippen LogP contribution in [0.25, 0.3) is 11.1 Å².